The number of hydrogen-bond acceptors (Lipinski definition) is 1. The van der Waals surface area contributed by atoms with Gasteiger partial charge in [0.15, 0.2) is 0 Å². The number of rotatable bonds is 2. The van der Waals surface area contributed by atoms with Crippen molar-refractivity contribution in [1.82, 2.24) is 4.98 Å². The van der Waals surface area contributed by atoms with E-state index in [0.29, 0.717) is 5.02 Å². The molecule has 0 saturated carbocycles. The third-order valence-electron chi connectivity index (χ3n) is 3.14. The number of nitrogens with two attached hydrogens (primary N) is 1. The second-order valence-corrected chi connectivity index (χ2v) is 5.31. The Morgan fingerprint density at radius 3 is 2.50 bits per heavy atom. The molecule has 3 N–H and O–H groups in total. The van der Waals surface area contributed by atoms with Gasteiger partial charge in [0.05, 0.1) is 5.69 Å². The minimum absolute atomic E-state index is 0.276. The zero-order valence-corrected chi connectivity index (χ0v) is 11.9. The lowest BCUT2D eigenvalue weighted by Gasteiger charge is -2.03. The lowest BCUT2D eigenvalue weighted by Crippen LogP contribution is -2.10. The summed E-state index contributed by atoms with van der Waals surface area (Å²) in [6.45, 7) is 0. The molecule has 1 aromatic heterocycles. The SMILES string of the molecule is NC(=S)c1c(-c2ccc(F)cc2)[nH]c2ccc(Cl)cc12. The average molecular weight is 305 g/mol. The van der Waals surface area contributed by atoms with Gasteiger partial charge in [-0.25, -0.2) is 4.39 Å². The van der Waals surface area contributed by atoms with E-state index in [1.807, 2.05) is 12.1 Å². The molecule has 1 heterocycles. The fourth-order valence-corrected chi connectivity index (χ4v) is 2.64. The standard InChI is InChI=1S/C15H10ClFN2S/c16-9-3-6-12-11(7-9)13(15(18)20)14(19-12)8-1-4-10(17)5-2-8/h1-7,19H,(H2,18,20). The van der Waals surface area contributed by atoms with Crippen molar-refractivity contribution in [2.24, 2.45) is 5.73 Å². The van der Waals surface area contributed by atoms with E-state index in [9.17, 15) is 4.39 Å². The lowest BCUT2D eigenvalue weighted by atomic mass is 10.1. The predicted molar refractivity (Wildman–Crippen MR) is 84.6 cm³/mol. The molecule has 0 unspecified atom stereocenters. The van der Waals surface area contributed by atoms with Crippen LogP contribution in [0.2, 0.25) is 5.02 Å². The Labute approximate surface area is 125 Å². The number of nitrogens with one attached hydrogen (secondary N) is 1. The van der Waals surface area contributed by atoms with E-state index in [1.54, 1.807) is 18.2 Å². The van der Waals surface area contributed by atoms with E-state index in [4.69, 9.17) is 29.6 Å². The average Bonchev–Trinajstić information content (AvgIpc) is 2.78. The number of thiocarbonyl (C=S) groups is 1. The molecule has 0 saturated heterocycles. The molecule has 20 heavy (non-hydrogen) atoms. The van der Waals surface area contributed by atoms with Gasteiger partial charge in [0.2, 0.25) is 0 Å². The van der Waals surface area contributed by atoms with E-state index in [-0.39, 0.29) is 10.8 Å². The molecule has 0 fully saturated rings. The molecule has 0 aliphatic carbocycles. The van der Waals surface area contributed by atoms with Crippen molar-refractivity contribution < 1.29 is 4.39 Å². The summed E-state index contributed by atoms with van der Waals surface area (Å²) in [5.41, 5.74) is 9.04. The molecular formula is C15H10ClFN2S. The molecule has 100 valence electrons. The topological polar surface area (TPSA) is 41.8 Å². The molecule has 0 bridgehead atoms. The van der Waals surface area contributed by atoms with Crippen molar-refractivity contribution in [3.63, 3.8) is 0 Å². The highest BCUT2D eigenvalue weighted by Crippen LogP contribution is 2.32. The van der Waals surface area contributed by atoms with E-state index in [2.05, 4.69) is 4.98 Å². The van der Waals surface area contributed by atoms with Crippen molar-refractivity contribution in [3.05, 3.63) is 58.9 Å². The Morgan fingerprint density at radius 1 is 1.15 bits per heavy atom. The smallest absolute Gasteiger partial charge is 0.123 e. The van der Waals surface area contributed by atoms with Crippen molar-refractivity contribution in [2.45, 2.75) is 0 Å². The molecule has 5 heteroatoms. The Kier molecular flexibility index (Phi) is 3.20. The Bertz CT molecular complexity index is 809. The number of hydrogen-bond donors (Lipinski definition) is 2. The van der Waals surface area contributed by atoms with Crippen molar-refractivity contribution in [1.29, 1.82) is 0 Å². The van der Waals surface area contributed by atoms with Gasteiger partial charge in [-0.2, -0.15) is 0 Å². The molecule has 2 aromatic carbocycles. The van der Waals surface area contributed by atoms with Gasteiger partial charge in [0.1, 0.15) is 10.8 Å². The maximum absolute atomic E-state index is 13.0. The first-order chi connectivity index (χ1) is 9.56. The van der Waals surface area contributed by atoms with Crippen molar-refractivity contribution in [2.75, 3.05) is 0 Å². The second-order valence-electron chi connectivity index (χ2n) is 4.44. The highest BCUT2D eigenvalue weighted by molar-refractivity contribution is 7.80. The minimum atomic E-state index is -0.287. The molecule has 0 amide bonds. The van der Waals surface area contributed by atoms with Gasteiger partial charge in [0.25, 0.3) is 0 Å². The fraction of sp³-hybridized carbons (Fsp3) is 0. The Morgan fingerprint density at radius 2 is 1.85 bits per heavy atom. The third-order valence-corrected chi connectivity index (χ3v) is 3.58. The Balaban J connectivity index is 2.32. The molecule has 0 radical (unpaired) electrons. The number of fused-ring (bicyclic) bond motifs is 1. The van der Waals surface area contributed by atoms with Crippen LogP contribution in [-0.2, 0) is 0 Å². The van der Waals surface area contributed by atoms with Gasteiger partial charge in [-0.05, 0) is 48.0 Å². The van der Waals surface area contributed by atoms with Gasteiger partial charge >= 0.3 is 0 Å². The number of H-pyrrole nitrogens is 1. The van der Waals surface area contributed by atoms with E-state index in [1.165, 1.54) is 12.1 Å². The number of aromatic amines is 1. The van der Waals surface area contributed by atoms with Gasteiger partial charge in [0, 0.05) is 21.5 Å². The Hall–Kier alpha value is -1.91. The van der Waals surface area contributed by atoms with Crippen LogP contribution < -0.4 is 5.73 Å². The quantitative estimate of drug-likeness (QED) is 0.695. The molecule has 0 spiro atoms. The summed E-state index contributed by atoms with van der Waals surface area (Å²) in [7, 11) is 0. The monoisotopic (exact) mass is 304 g/mol. The summed E-state index contributed by atoms with van der Waals surface area (Å²) in [4.78, 5) is 3.54. The molecule has 2 nitrogen and oxygen atoms in total. The van der Waals surface area contributed by atoms with E-state index >= 15 is 0 Å². The molecule has 0 aliphatic heterocycles. The number of halogens is 2. The van der Waals surface area contributed by atoms with Crippen LogP contribution in [0, 0.1) is 5.82 Å². The normalized spacial score (nSPS) is 10.9. The first-order valence-electron chi connectivity index (χ1n) is 5.93. The molecule has 0 aliphatic rings. The zero-order valence-electron chi connectivity index (χ0n) is 10.3. The zero-order chi connectivity index (χ0) is 14.3. The van der Waals surface area contributed by atoms with E-state index < -0.39 is 0 Å². The van der Waals surface area contributed by atoms with Crippen molar-refractivity contribution >= 4 is 39.7 Å². The summed E-state index contributed by atoms with van der Waals surface area (Å²) >= 11 is 11.2. The number of benzene rings is 2. The van der Waals surface area contributed by atoms with Gasteiger partial charge in [-0.15, -0.1) is 0 Å². The van der Waals surface area contributed by atoms with Gasteiger partial charge in [-0.1, -0.05) is 23.8 Å². The van der Waals surface area contributed by atoms with Gasteiger partial charge < -0.3 is 10.7 Å². The highest BCUT2D eigenvalue weighted by atomic mass is 35.5. The summed E-state index contributed by atoms with van der Waals surface area (Å²) in [5, 5.41) is 1.48. The maximum atomic E-state index is 13.0. The summed E-state index contributed by atoms with van der Waals surface area (Å²) in [5.74, 6) is -0.287. The van der Waals surface area contributed by atoms with Crippen LogP contribution in [0.1, 0.15) is 5.56 Å². The fourth-order valence-electron chi connectivity index (χ4n) is 2.25. The predicted octanol–water partition coefficient (Wildman–Crippen LogP) is 4.26. The molecule has 3 aromatic rings. The third kappa shape index (κ3) is 2.17. The van der Waals surface area contributed by atoms with Crippen LogP contribution in [0.3, 0.4) is 0 Å². The lowest BCUT2D eigenvalue weighted by molar-refractivity contribution is 0.628. The number of aromatic nitrogens is 1. The molecular weight excluding hydrogens is 295 g/mol. The van der Waals surface area contributed by atoms with E-state index in [0.717, 1.165) is 27.7 Å². The van der Waals surface area contributed by atoms with Crippen LogP contribution in [-0.4, -0.2) is 9.97 Å². The van der Waals surface area contributed by atoms with Crippen LogP contribution in [0.25, 0.3) is 22.2 Å². The maximum Gasteiger partial charge on any atom is 0.123 e. The minimum Gasteiger partial charge on any atom is -0.389 e. The van der Waals surface area contributed by atoms with Gasteiger partial charge in [-0.3, -0.25) is 0 Å². The van der Waals surface area contributed by atoms with Crippen LogP contribution >= 0.6 is 23.8 Å². The summed E-state index contributed by atoms with van der Waals surface area (Å²) in [6, 6.07) is 11.6. The first kappa shape index (κ1) is 13.1. The molecule has 3 rings (SSSR count). The summed E-state index contributed by atoms with van der Waals surface area (Å²) < 4.78 is 13.0. The van der Waals surface area contributed by atoms with Crippen LogP contribution in [0.15, 0.2) is 42.5 Å². The second kappa shape index (κ2) is 4.89. The van der Waals surface area contributed by atoms with Crippen LogP contribution in [0.5, 0.6) is 0 Å². The largest absolute Gasteiger partial charge is 0.389 e. The van der Waals surface area contributed by atoms with Crippen LogP contribution in [0.4, 0.5) is 4.39 Å². The highest BCUT2D eigenvalue weighted by Gasteiger charge is 2.15. The van der Waals surface area contributed by atoms with Crippen molar-refractivity contribution in [3.8, 4) is 11.3 Å². The summed E-state index contributed by atoms with van der Waals surface area (Å²) in [6.07, 6.45) is 0. The molecule has 0 atom stereocenters. The first-order valence-corrected chi connectivity index (χ1v) is 6.72.